The summed E-state index contributed by atoms with van der Waals surface area (Å²) in [6.07, 6.45) is 5.02. The Kier molecular flexibility index (Phi) is 4.91. The number of esters is 1. The molecule has 1 saturated carbocycles. The van der Waals surface area contributed by atoms with Crippen LogP contribution in [0.1, 0.15) is 49.4 Å². The van der Waals surface area contributed by atoms with E-state index in [-0.39, 0.29) is 27.6 Å². The average molecular weight is 372 g/mol. The van der Waals surface area contributed by atoms with E-state index in [1.165, 1.54) is 25.3 Å². The molecule has 1 aromatic rings. The van der Waals surface area contributed by atoms with E-state index in [0.29, 0.717) is 5.92 Å². The molecule has 24 heavy (non-hydrogen) atoms. The lowest BCUT2D eigenvalue weighted by Gasteiger charge is -2.32. The van der Waals surface area contributed by atoms with E-state index in [1.807, 2.05) is 6.92 Å². The van der Waals surface area contributed by atoms with Crippen molar-refractivity contribution in [2.24, 2.45) is 5.92 Å². The molecule has 0 amide bonds. The van der Waals surface area contributed by atoms with E-state index in [4.69, 9.17) is 16.3 Å². The number of sulfonamides is 1. The lowest BCUT2D eigenvalue weighted by molar-refractivity contribution is 0.0596. The first-order chi connectivity index (χ1) is 11.4. The van der Waals surface area contributed by atoms with Crippen LogP contribution in [0.25, 0.3) is 0 Å². The molecule has 0 aromatic heterocycles. The largest absolute Gasteiger partial charge is 0.465 e. The fourth-order valence-electron chi connectivity index (χ4n) is 4.18. The Morgan fingerprint density at radius 1 is 1.29 bits per heavy atom. The third kappa shape index (κ3) is 2.95. The summed E-state index contributed by atoms with van der Waals surface area (Å²) in [6.45, 7) is 1.94. The summed E-state index contributed by atoms with van der Waals surface area (Å²) in [6, 6.07) is 4.21. The zero-order chi connectivity index (χ0) is 17.5. The minimum Gasteiger partial charge on any atom is -0.465 e. The van der Waals surface area contributed by atoms with Crippen LogP contribution in [0.2, 0.25) is 5.02 Å². The third-order valence-electron chi connectivity index (χ3n) is 5.18. The highest BCUT2D eigenvalue weighted by atomic mass is 35.5. The number of rotatable bonds is 3. The summed E-state index contributed by atoms with van der Waals surface area (Å²) in [5.41, 5.74) is 0.0355. The van der Waals surface area contributed by atoms with Crippen LogP contribution in [0, 0.1) is 5.92 Å². The fraction of sp³-hybridized carbons (Fsp3) is 0.588. The Balaban J connectivity index is 2.08. The van der Waals surface area contributed by atoms with Crippen LogP contribution in [-0.2, 0) is 14.8 Å². The molecule has 1 saturated heterocycles. The summed E-state index contributed by atoms with van der Waals surface area (Å²) < 4.78 is 33.1. The zero-order valence-electron chi connectivity index (χ0n) is 13.9. The van der Waals surface area contributed by atoms with Gasteiger partial charge in [0.1, 0.15) is 0 Å². The van der Waals surface area contributed by atoms with Gasteiger partial charge in [-0.2, -0.15) is 4.31 Å². The van der Waals surface area contributed by atoms with Crippen molar-refractivity contribution in [3.8, 4) is 0 Å². The zero-order valence-corrected chi connectivity index (χ0v) is 15.4. The van der Waals surface area contributed by atoms with Crippen LogP contribution in [-0.4, -0.2) is 37.9 Å². The summed E-state index contributed by atoms with van der Waals surface area (Å²) in [4.78, 5) is 12.0. The van der Waals surface area contributed by atoms with Gasteiger partial charge < -0.3 is 4.74 Å². The highest BCUT2D eigenvalue weighted by molar-refractivity contribution is 7.89. The fourth-order valence-corrected chi connectivity index (χ4v) is 6.55. The Hall–Kier alpha value is -1.11. The quantitative estimate of drug-likeness (QED) is 0.763. The standard InChI is InChI=1S/C17H22ClNO4S/c1-11-9-12-5-3-4-6-15(12)19(11)24(21,22)16-10-13(18)7-8-14(16)17(20)23-2/h7-8,10-12,15H,3-6,9H2,1-2H3/t11-,12-,15-/m1/s1. The summed E-state index contributed by atoms with van der Waals surface area (Å²) in [5, 5.41) is 0.285. The van der Waals surface area contributed by atoms with Gasteiger partial charge in [-0.15, -0.1) is 0 Å². The molecule has 2 aliphatic rings. The second-order valence-corrected chi connectivity index (χ2v) is 8.91. The molecule has 5 nitrogen and oxygen atoms in total. The minimum atomic E-state index is -3.82. The van der Waals surface area contributed by atoms with Crippen molar-refractivity contribution in [3.63, 3.8) is 0 Å². The Labute approximate surface area is 148 Å². The lowest BCUT2D eigenvalue weighted by Crippen LogP contribution is -2.42. The van der Waals surface area contributed by atoms with E-state index < -0.39 is 16.0 Å². The van der Waals surface area contributed by atoms with E-state index in [2.05, 4.69) is 0 Å². The van der Waals surface area contributed by atoms with Crippen molar-refractivity contribution in [2.45, 2.75) is 56.0 Å². The van der Waals surface area contributed by atoms with Gasteiger partial charge in [-0.3, -0.25) is 0 Å². The number of hydrogen-bond acceptors (Lipinski definition) is 4. The minimum absolute atomic E-state index is 0.0169. The van der Waals surface area contributed by atoms with E-state index >= 15 is 0 Å². The normalized spacial score (nSPS) is 27.7. The van der Waals surface area contributed by atoms with Gasteiger partial charge in [0.25, 0.3) is 0 Å². The smallest absolute Gasteiger partial charge is 0.339 e. The number of ether oxygens (including phenoxy) is 1. The maximum absolute atomic E-state index is 13.4. The molecule has 0 radical (unpaired) electrons. The van der Waals surface area contributed by atoms with Crippen molar-refractivity contribution in [3.05, 3.63) is 28.8 Å². The van der Waals surface area contributed by atoms with Crippen molar-refractivity contribution in [2.75, 3.05) is 7.11 Å². The van der Waals surface area contributed by atoms with Gasteiger partial charge in [-0.05, 0) is 50.3 Å². The van der Waals surface area contributed by atoms with Crippen molar-refractivity contribution in [1.82, 2.24) is 4.31 Å². The van der Waals surface area contributed by atoms with Gasteiger partial charge in [0.2, 0.25) is 10.0 Å². The Morgan fingerprint density at radius 2 is 2.00 bits per heavy atom. The lowest BCUT2D eigenvalue weighted by atomic mass is 9.85. The predicted octanol–water partition coefficient (Wildman–Crippen LogP) is 3.47. The van der Waals surface area contributed by atoms with Gasteiger partial charge in [-0.25, -0.2) is 13.2 Å². The van der Waals surface area contributed by atoms with Gasteiger partial charge in [0.15, 0.2) is 0 Å². The first kappa shape index (κ1) is 17.7. The highest BCUT2D eigenvalue weighted by Gasteiger charge is 2.47. The number of benzene rings is 1. The number of carbonyl (C=O) groups excluding carboxylic acids is 1. The summed E-state index contributed by atoms with van der Waals surface area (Å²) in [7, 11) is -2.58. The molecular formula is C17H22ClNO4S. The van der Waals surface area contributed by atoms with E-state index in [1.54, 1.807) is 4.31 Å². The van der Waals surface area contributed by atoms with Crippen LogP contribution in [0.5, 0.6) is 0 Å². The molecule has 1 aromatic carbocycles. The van der Waals surface area contributed by atoms with E-state index in [0.717, 1.165) is 32.1 Å². The molecule has 0 bridgehead atoms. The summed E-state index contributed by atoms with van der Waals surface area (Å²) in [5.74, 6) is -0.262. The molecule has 7 heteroatoms. The molecule has 132 valence electrons. The SMILES string of the molecule is COC(=O)c1ccc(Cl)cc1S(=O)(=O)N1[C@H](C)C[C@H]2CCCC[C@H]21. The van der Waals surface area contributed by atoms with Gasteiger partial charge in [-0.1, -0.05) is 24.4 Å². The molecule has 0 unspecified atom stereocenters. The molecule has 3 rings (SSSR count). The van der Waals surface area contributed by atoms with Crippen LogP contribution < -0.4 is 0 Å². The van der Waals surface area contributed by atoms with Crippen LogP contribution in [0.3, 0.4) is 0 Å². The molecule has 1 aliphatic carbocycles. The monoisotopic (exact) mass is 371 g/mol. The number of methoxy groups -OCH3 is 1. The topological polar surface area (TPSA) is 63.7 Å². The van der Waals surface area contributed by atoms with Gasteiger partial charge >= 0.3 is 5.97 Å². The van der Waals surface area contributed by atoms with Crippen molar-refractivity contribution < 1.29 is 17.9 Å². The first-order valence-electron chi connectivity index (χ1n) is 8.27. The third-order valence-corrected chi connectivity index (χ3v) is 7.49. The molecule has 3 atom stereocenters. The molecule has 0 spiro atoms. The molecule has 0 N–H and O–H groups in total. The maximum atomic E-state index is 13.4. The Morgan fingerprint density at radius 3 is 2.71 bits per heavy atom. The maximum Gasteiger partial charge on any atom is 0.339 e. The average Bonchev–Trinajstić information content (AvgIpc) is 2.90. The van der Waals surface area contributed by atoms with Gasteiger partial charge in [0, 0.05) is 17.1 Å². The summed E-state index contributed by atoms with van der Waals surface area (Å²) >= 11 is 6.02. The van der Waals surface area contributed by atoms with Crippen LogP contribution >= 0.6 is 11.6 Å². The molecule has 1 heterocycles. The van der Waals surface area contributed by atoms with Crippen LogP contribution in [0.15, 0.2) is 23.1 Å². The Bertz CT molecular complexity index is 749. The molecule has 1 aliphatic heterocycles. The second-order valence-electron chi connectivity index (χ2n) is 6.66. The van der Waals surface area contributed by atoms with E-state index in [9.17, 15) is 13.2 Å². The molecular weight excluding hydrogens is 350 g/mol. The second kappa shape index (κ2) is 6.65. The van der Waals surface area contributed by atoms with Crippen LogP contribution in [0.4, 0.5) is 0 Å². The van der Waals surface area contributed by atoms with Crippen molar-refractivity contribution in [1.29, 1.82) is 0 Å². The number of carbonyl (C=O) groups is 1. The number of halogens is 1. The predicted molar refractivity (Wildman–Crippen MR) is 91.6 cm³/mol. The molecule has 2 fully saturated rings. The number of fused-ring (bicyclic) bond motifs is 1. The highest BCUT2D eigenvalue weighted by Crippen LogP contribution is 2.43. The number of hydrogen-bond donors (Lipinski definition) is 0. The number of nitrogens with zero attached hydrogens (tertiary/aromatic N) is 1. The van der Waals surface area contributed by atoms with Crippen molar-refractivity contribution >= 4 is 27.6 Å². The first-order valence-corrected chi connectivity index (χ1v) is 10.1. The van der Waals surface area contributed by atoms with Gasteiger partial charge in [0.05, 0.1) is 17.6 Å².